The van der Waals surface area contributed by atoms with Crippen LogP contribution < -0.4 is 0 Å². The number of hydrogen-bond acceptors (Lipinski definition) is 4. The molecule has 0 saturated heterocycles. The lowest BCUT2D eigenvalue weighted by molar-refractivity contribution is 0.199. The maximum atomic E-state index is 5.80. The topological polar surface area (TPSA) is 49.4 Å². The second kappa shape index (κ2) is 3.04. The molecule has 0 fully saturated rings. The van der Waals surface area contributed by atoms with Crippen LogP contribution in [-0.2, 0) is 0 Å². The molecule has 0 aromatic rings. The van der Waals surface area contributed by atoms with Crippen molar-refractivity contribution in [3.63, 3.8) is 0 Å². The van der Waals surface area contributed by atoms with Crippen molar-refractivity contribution in [2.75, 3.05) is 0 Å². The molecule has 0 bridgehead atoms. The fraction of sp³-hybridized carbons (Fsp3) is 1.00. The van der Waals surface area contributed by atoms with Gasteiger partial charge < -0.3 is 0 Å². The quantitative estimate of drug-likeness (QED) is 0.579. The van der Waals surface area contributed by atoms with E-state index < -0.39 is 14.9 Å². The number of halogens is 3. The first-order valence-electron chi connectivity index (χ1n) is 3.61. The average Bonchev–Trinajstić information content (AvgIpc) is 2.28. The van der Waals surface area contributed by atoms with Crippen LogP contribution in [-0.4, -0.2) is 9.46 Å². The van der Waals surface area contributed by atoms with Crippen LogP contribution >= 0.6 is 34.8 Å². The van der Waals surface area contributed by atoms with Crippen molar-refractivity contribution in [1.82, 2.24) is 0 Å². The molecule has 0 N–H and O–H groups in total. The number of nitrogens with zero attached hydrogens (tertiary/aromatic N) is 4. The van der Waals surface area contributed by atoms with Gasteiger partial charge in [0.15, 0.2) is 0 Å². The number of rotatable bonds is 0. The average molecular weight is 244 g/mol. The van der Waals surface area contributed by atoms with E-state index in [2.05, 4.69) is 20.7 Å². The van der Waals surface area contributed by atoms with Crippen molar-refractivity contribution in [2.24, 2.45) is 26.1 Å². The predicted octanol–water partition coefficient (Wildman–Crippen LogP) is 3.93. The van der Waals surface area contributed by atoms with E-state index in [4.69, 9.17) is 34.8 Å². The molecule has 1 heterocycles. The van der Waals surface area contributed by atoms with Crippen molar-refractivity contribution < 1.29 is 0 Å². The lowest BCUT2D eigenvalue weighted by atomic mass is 9.82. The minimum atomic E-state index is -1.64. The van der Waals surface area contributed by atoms with Gasteiger partial charge in [0, 0.05) is 5.41 Å². The van der Waals surface area contributed by atoms with Gasteiger partial charge in [-0.3, -0.25) is 0 Å². The van der Waals surface area contributed by atoms with Gasteiger partial charge in [-0.15, -0.1) is 10.2 Å². The fourth-order valence-corrected chi connectivity index (χ4v) is 2.11. The third-order valence-corrected chi connectivity index (χ3v) is 2.65. The summed E-state index contributed by atoms with van der Waals surface area (Å²) in [6, 6.07) is 0. The van der Waals surface area contributed by atoms with Gasteiger partial charge in [0.05, 0.1) is 0 Å². The molecule has 0 aromatic carbocycles. The first-order chi connectivity index (χ1) is 5.71. The molecule has 0 spiro atoms. The van der Waals surface area contributed by atoms with Crippen LogP contribution in [0.4, 0.5) is 0 Å². The number of alkyl halides is 3. The Bertz CT molecular complexity index is 232. The maximum Gasteiger partial charge on any atom is 0.246 e. The zero-order chi connectivity index (χ0) is 10.3. The van der Waals surface area contributed by atoms with Gasteiger partial charge in [0.25, 0.3) is 0 Å². The minimum absolute atomic E-state index is 0.457. The summed E-state index contributed by atoms with van der Waals surface area (Å²) in [5.74, 6) is 0. The summed E-state index contributed by atoms with van der Waals surface area (Å²) in [5.41, 5.74) is -1.67. The molecule has 7 heteroatoms. The second-order valence-electron chi connectivity index (χ2n) is 3.80. The highest BCUT2D eigenvalue weighted by atomic mass is 35.6. The van der Waals surface area contributed by atoms with Crippen molar-refractivity contribution >= 4 is 34.8 Å². The fourth-order valence-electron chi connectivity index (χ4n) is 1.03. The van der Waals surface area contributed by atoms with Crippen LogP contribution in [0.15, 0.2) is 20.7 Å². The Morgan fingerprint density at radius 3 is 1.46 bits per heavy atom. The highest BCUT2D eigenvalue weighted by molar-refractivity contribution is 6.68. The molecule has 0 aliphatic carbocycles. The highest BCUT2D eigenvalue weighted by Crippen LogP contribution is 2.53. The standard InChI is InChI=1S/C6H9Cl3N4/c1-4(2,3)5(6(7,8)9)10-12-13-11-5/h1-3H3. The zero-order valence-corrected chi connectivity index (χ0v) is 9.69. The lowest BCUT2D eigenvalue weighted by Gasteiger charge is -2.38. The summed E-state index contributed by atoms with van der Waals surface area (Å²) < 4.78 is -1.64. The van der Waals surface area contributed by atoms with E-state index in [1.165, 1.54) is 0 Å². The molecule has 4 nitrogen and oxygen atoms in total. The Morgan fingerprint density at radius 1 is 0.923 bits per heavy atom. The summed E-state index contributed by atoms with van der Waals surface area (Å²) in [7, 11) is 0. The summed E-state index contributed by atoms with van der Waals surface area (Å²) in [6.07, 6.45) is 0. The van der Waals surface area contributed by atoms with Crippen LogP contribution in [0, 0.1) is 5.41 Å². The van der Waals surface area contributed by atoms with Crippen molar-refractivity contribution in [1.29, 1.82) is 0 Å². The highest BCUT2D eigenvalue weighted by Gasteiger charge is 2.59. The first kappa shape index (κ1) is 11.1. The summed E-state index contributed by atoms with van der Waals surface area (Å²) in [5, 5.41) is 14.4. The summed E-state index contributed by atoms with van der Waals surface area (Å²) in [6.45, 7) is 5.58. The van der Waals surface area contributed by atoms with E-state index in [0.717, 1.165) is 0 Å². The van der Waals surface area contributed by atoms with Crippen LogP contribution in [0.2, 0.25) is 0 Å². The monoisotopic (exact) mass is 242 g/mol. The van der Waals surface area contributed by atoms with E-state index in [1.807, 2.05) is 20.8 Å². The minimum Gasteiger partial charge on any atom is -0.129 e. The molecule has 0 atom stereocenters. The van der Waals surface area contributed by atoms with Gasteiger partial charge in [-0.25, -0.2) is 0 Å². The van der Waals surface area contributed by atoms with E-state index >= 15 is 0 Å². The Kier molecular flexibility index (Phi) is 2.60. The SMILES string of the molecule is CC(C)(C)C1(C(Cl)(Cl)Cl)N=NN=N1. The molecule has 13 heavy (non-hydrogen) atoms. The van der Waals surface area contributed by atoms with Gasteiger partial charge in [0.2, 0.25) is 9.46 Å². The van der Waals surface area contributed by atoms with Crippen LogP contribution in [0.25, 0.3) is 0 Å². The summed E-state index contributed by atoms with van der Waals surface area (Å²) in [4.78, 5) is 0. The predicted molar refractivity (Wildman–Crippen MR) is 52.2 cm³/mol. The van der Waals surface area contributed by atoms with Gasteiger partial charge in [-0.1, -0.05) is 55.6 Å². The van der Waals surface area contributed by atoms with Crippen LogP contribution in [0.5, 0.6) is 0 Å². The third-order valence-electron chi connectivity index (χ3n) is 1.86. The first-order valence-corrected chi connectivity index (χ1v) is 4.75. The smallest absolute Gasteiger partial charge is 0.129 e. The lowest BCUT2D eigenvalue weighted by Crippen LogP contribution is -2.48. The van der Waals surface area contributed by atoms with Gasteiger partial charge in [0.1, 0.15) is 0 Å². The zero-order valence-electron chi connectivity index (χ0n) is 7.42. The molecule has 0 saturated carbocycles. The van der Waals surface area contributed by atoms with Crippen molar-refractivity contribution in [3.05, 3.63) is 0 Å². The van der Waals surface area contributed by atoms with E-state index in [1.54, 1.807) is 0 Å². The number of hydrogen-bond donors (Lipinski definition) is 0. The van der Waals surface area contributed by atoms with Crippen LogP contribution in [0.1, 0.15) is 20.8 Å². The van der Waals surface area contributed by atoms with Crippen LogP contribution in [0.3, 0.4) is 0 Å². The van der Waals surface area contributed by atoms with Crippen molar-refractivity contribution in [3.8, 4) is 0 Å². The summed E-state index contributed by atoms with van der Waals surface area (Å²) >= 11 is 17.4. The molecule has 1 aliphatic heterocycles. The molecule has 0 aromatic heterocycles. The van der Waals surface area contributed by atoms with E-state index in [0.29, 0.717) is 0 Å². The molecule has 1 aliphatic rings. The molecule has 74 valence electrons. The van der Waals surface area contributed by atoms with Gasteiger partial charge in [-0.05, 0) is 10.4 Å². The third kappa shape index (κ3) is 1.67. The van der Waals surface area contributed by atoms with Gasteiger partial charge >= 0.3 is 0 Å². The van der Waals surface area contributed by atoms with E-state index in [9.17, 15) is 0 Å². The molecule has 0 amide bonds. The Hall–Kier alpha value is 0.0700. The molecule has 0 radical (unpaired) electrons. The van der Waals surface area contributed by atoms with Gasteiger partial charge in [-0.2, -0.15) is 0 Å². The Labute approximate surface area is 91.3 Å². The molecule has 1 rings (SSSR count). The van der Waals surface area contributed by atoms with Crippen molar-refractivity contribution in [2.45, 2.75) is 30.2 Å². The second-order valence-corrected chi connectivity index (χ2v) is 6.08. The normalized spacial score (nSPS) is 21.1. The molecule has 0 unspecified atom stereocenters. The Morgan fingerprint density at radius 2 is 1.31 bits per heavy atom. The maximum absolute atomic E-state index is 5.80. The Balaban J connectivity index is 3.19. The molecular formula is C6H9Cl3N4. The largest absolute Gasteiger partial charge is 0.246 e. The molecular weight excluding hydrogens is 234 g/mol. The van der Waals surface area contributed by atoms with E-state index in [-0.39, 0.29) is 0 Å².